The lowest BCUT2D eigenvalue weighted by atomic mass is 9.90. The number of alkyl halides is 2. The van der Waals surface area contributed by atoms with Gasteiger partial charge in [0, 0.05) is 14.2 Å². The molecule has 1 fully saturated rings. The van der Waals surface area contributed by atoms with Crippen molar-refractivity contribution in [3.05, 3.63) is 44.9 Å². The molecule has 2 aliphatic carbocycles. The van der Waals surface area contributed by atoms with Gasteiger partial charge in [-0.05, 0) is 18.6 Å². The predicted octanol–water partition coefficient (Wildman–Crippen LogP) is 3.90. The molecule has 0 N–H and O–H groups in total. The number of hydrogen-bond acceptors (Lipinski definition) is 5. The molecule has 1 saturated carbocycles. The van der Waals surface area contributed by atoms with E-state index in [2.05, 4.69) is 0 Å². The smallest absolute Gasteiger partial charge is 0.407 e. The van der Waals surface area contributed by atoms with Crippen LogP contribution in [0.4, 0.5) is 0 Å². The number of ether oxygens (including phenoxy) is 2. The molecule has 1 aromatic carbocycles. The summed E-state index contributed by atoms with van der Waals surface area (Å²) in [6.07, 6.45) is -0.0421. The molecular formula is C17H13Cl4NO5. The molecule has 3 atom stereocenters. The summed E-state index contributed by atoms with van der Waals surface area (Å²) in [6, 6.07) is 6.54. The van der Waals surface area contributed by atoms with Gasteiger partial charge in [0.25, 0.3) is 0 Å². The topological polar surface area (TPSA) is 70.7 Å². The Hall–Kier alpha value is -1.02. The Morgan fingerprint density at radius 2 is 1.81 bits per heavy atom. The van der Waals surface area contributed by atoms with Gasteiger partial charge in [0.2, 0.25) is 11.7 Å². The summed E-state index contributed by atoms with van der Waals surface area (Å²) < 4.78 is 17.1. The van der Waals surface area contributed by atoms with Gasteiger partial charge in [0.1, 0.15) is 9.75 Å². The first-order chi connectivity index (χ1) is 12.7. The highest BCUT2D eigenvalue weighted by Crippen LogP contribution is 2.71. The normalized spacial score (nSPS) is 31.9. The van der Waals surface area contributed by atoms with Crippen molar-refractivity contribution in [3.63, 3.8) is 0 Å². The van der Waals surface area contributed by atoms with Gasteiger partial charge in [-0.15, -0.1) is 23.2 Å². The van der Waals surface area contributed by atoms with Crippen LogP contribution in [0, 0.1) is 5.92 Å². The molecule has 0 saturated heterocycles. The van der Waals surface area contributed by atoms with Gasteiger partial charge in [-0.1, -0.05) is 35.3 Å². The Balaban J connectivity index is 1.93. The molecule has 6 nitrogen and oxygen atoms in total. The van der Waals surface area contributed by atoms with E-state index in [4.69, 9.17) is 60.3 Å². The van der Waals surface area contributed by atoms with Gasteiger partial charge >= 0.3 is 5.76 Å². The van der Waals surface area contributed by atoms with E-state index in [9.17, 15) is 9.59 Å². The van der Waals surface area contributed by atoms with E-state index in [1.165, 1.54) is 14.2 Å². The molecule has 0 amide bonds. The zero-order valence-corrected chi connectivity index (χ0v) is 17.1. The largest absolute Gasteiger partial charge is 0.426 e. The lowest BCUT2D eigenvalue weighted by molar-refractivity contribution is -0.218. The van der Waals surface area contributed by atoms with Crippen LogP contribution in [0.1, 0.15) is 11.2 Å². The monoisotopic (exact) mass is 451 g/mol. The van der Waals surface area contributed by atoms with Crippen molar-refractivity contribution in [3.8, 4) is 0 Å². The number of halogens is 4. The number of benzene rings is 1. The molecule has 4 rings (SSSR count). The summed E-state index contributed by atoms with van der Waals surface area (Å²) in [5, 5.41) is 0.00737. The van der Waals surface area contributed by atoms with E-state index in [1.54, 1.807) is 24.3 Å². The van der Waals surface area contributed by atoms with Crippen LogP contribution in [0.5, 0.6) is 0 Å². The van der Waals surface area contributed by atoms with Gasteiger partial charge in [-0.3, -0.25) is 4.79 Å². The third-order valence-electron chi connectivity index (χ3n) is 5.41. The minimum atomic E-state index is -1.72. The fourth-order valence-electron chi connectivity index (χ4n) is 4.23. The van der Waals surface area contributed by atoms with Crippen LogP contribution in [-0.2, 0) is 9.47 Å². The number of methoxy groups -OCH3 is 2. The third kappa shape index (κ3) is 2.01. The Morgan fingerprint density at radius 1 is 1.19 bits per heavy atom. The molecule has 0 radical (unpaired) electrons. The first-order valence-electron chi connectivity index (χ1n) is 7.88. The zero-order valence-electron chi connectivity index (χ0n) is 14.1. The van der Waals surface area contributed by atoms with Gasteiger partial charge in [-0.25, -0.2) is 9.36 Å². The van der Waals surface area contributed by atoms with Crippen molar-refractivity contribution in [2.24, 2.45) is 5.92 Å². The van der Waals surface area contributed by atoms with E-state index in [1.807, 2.05) is 0 Å². The molecule has 0 spiro atoms. The Morgan fingerprint density at radius 3 is 2.41 bits per heavy atom. The fraction of sp³-hybridized carbons (Fsp3) is 0.412. The van der Waals surface area contributed by atoms with Crippen LogP contribution in [0.3, 0.4) is 0 Å². The lowest BCUT2D eigenvalue weighted by Crippen LogP contribution is -2.58. The minimum Gasteiger partial charge on any atom is -0.407 e. The van der Waals surface area contributed by atoms with Gasteiger partial charge < -0.3 is 13.9 Å². The number of carbonyl (C=O) groups is 1. The van der Waals surface area contributed by atoms with Crippen molar-refractivity contribution < 1.29 is 18.7 Å². The average Bonchev–Trinajstić information content (AvgIpc) is 3.13. The van der Waals surface area contributed by atoms with Crippen LogP contribution in [0.2, 0.25) is 0 Å². The number of hydrogen-bond donors (Lipinski definition) is 0. The van der Waals surface area contributed by atoms with E-state index in [-0.39, 0.29) is 22.1 Å². The molecule has 0 unspecified atom stereocenters. The van der Waals surface area contributed by atoms with Gasteiger partial charge in [0.05, 0.1) is 21.5 Å². The molecule has 1 heterocycles. The van der Waals surface area contributed by atoms with Crippen LogP contribution >= 0.6 is 46.4 Å². The van der Waals surface area contributed by atoms with Crippen LogP contribution in [0.25, 0.3) is 11.1 Å². The van der Waals surface area contributed by atoms with E-state index < -0.39 is 33.1 Å². The highest BCUT2D eigenvalue weighted by molar-refractivity contribution is 6.52. The number of fused-ring (bicyclic) bond motifs is 3. The Kier molecular flexibility index (Phi) is 4.28. The van der Waals surface area contributed by atoms with Crippen molar-refractivity contribution in [1.29, 1.82) is 0 Å². The third-order valence-corrected chi connectivity index (χ3v) is 7.99. The van der Waals surface area contributed by atoms with Crippen molar-refractivity contribution in [2.75, 3.05) is 14.2 Å². The fourth-order valence-corrected chi connectivity index (χ4v) is 6.28. The molecule has 2 aromatic rings. The molecule has 27 heavy (non-hydrogen) atoms. The highest BCUT2D eigenvalue weighted by Gasteiger charge is 2.82. The Bertz CT molecular complexity index is 1060. The second kappa shape index (κ2) is 5.99. The number of oxazole rings is 1. The second-order valence-corrected chi connectivity index (χ2v) is 8.43. The molecular weight excluding hydrogens is 440 g/mol. The highest BCUT2D eigenvalue weighted by atomic mass is 35.5. The molecule has 1 aromatic heterocycles. The summed E-state index contributed by atoms with van der Waals surface area (Å²) in [5.74, 6) is -4.21. The van der Waals surface area contributed by atoms with Crippen molar-refractivity contribution in [1.82, 2.24) is 4.57 Å². The molecule has 2 bridgehead atoms. The number of aromatic nitrogens is 1. The quantitative estimate of drug-likeness (QED) is 0.521. The van der Waals surface area contributed by atoms with E-state index in [0.29, 0.717) is 5.52 Å². The van der Waals surface area contributed by atoms with Gasteiger partial charge in [-0.2, -0.15) is 0 Å². The lowest BCUT2D eigenvalue weighted by Gasteiger charge is -2.40. The maximum absolute atomic E-state index is 13.4. The SMILES string of the molecule is COC1(OC)[C@@]2(Cl)C[C@@H](C(=O)n3c(=O)oc4ccccc43)[C@@]1(Cl)C(Cl)=C2Cl. The van der Waals surface area contributed by atoms with E-state index >= 15 is 0 Å². The second-order valence-electron chi connectivity index (χ2n) is 6.43. The molecule has 0 aliphatic heterocycles. The molecule has 2 aliphatic rings. The summed E-state index contributed by atoms with van der Waals surface area (Å²) >= 11 is 26.3. The predicted molar refractivity (Wildman–Crippen MR) is 102 cm³/mol. The number of rotatable bonds is 3. The molecule has 10 heteroatoms. The number of nitrogens with zero attached hydrogens (tertiary/aromatic N) is 1. The maximum Gasteiger partial charge on any atom is 0.426 e. The van der Waals surface area contributed by atoms with Crippen LogP contribution < -0.4 is 5.76 Å². The summed E-state index contributed by atoms with van der Waals surface area (Å²) in [6.45, 7) is 0. The standard InChI is InChI=1S/C17H13Cl4NO5/c1-25-17(26-2)15(20)7-8(16(17,21)12(19)11(15)18)13(23)22-9-5-3-4-6-10(9)27-14(22)24/h3-6,8H,7H2,1-2H3/t8-,15+,16+/m0/s1. The minimum absolute atomic E-state index is 0.0421. The molecule has 144 valence electrons. The zero-order chi connectivity index (χ0) is 19.8. The first kappa shape index (κ1) is 19.3. The van der Waals surface area contributed by atoms with Crippen molar-refractivity contribution >= 4 is 63.4 Å². The number of carbonyl (C=O) groups excluding carboxylic acids is 1. The number of para-hydroxylation sites is 2. The summed E-state index contributed by atoms with van der Waals surface area (Å²) in [7, 11) is 2.67. The summed E-state index contributed by atoms with van der Waals surface area (Å²) in [4.78, 5) is 22.5. The van der Waals surface area contributed by atoms with Crippen LogP contribution in [0.15, 0.2) is 43.5 Å². The van der Waals surface area contributed by atoms with Crippen LogP contribution in [-0.4, -0.2) is 40.2 Å². The average molecular weight is 453 g/mol. The summed E-state index contributed by atoms with van der Waals surface area (Å²) in [5.41, 5.74) is 0.582. The van der Waals surface area contributed by atoms with Gasteiger partial charge in [0.15, 0.2) is 5.58 Å². The maximum atomic E-state index is 13.4. The Labute approximate surface area is 173 Å². The van der Waals surface area contributed by atoms with Crippen molar-refractivity contribution in [2.45, 2.75) is 22.0 Å². The first-order valence-corrected chi connectivity index (χ1v) is 9.40. The van der Waals surface area contributed by atoms with E-state index in [0.717, 1.165) is 4.57 Å².